The van der Waals surface area contributed by atoms with Crippen molar-refractivity contribution in [3.05, 3.63) is 29.3 Å². The highest BCUT2D eigenvalue weighted by molar-refractivity contribution is 8.24. The number of hydrogen-bond acceptors (Lipinski definition) is 2. The van der Waals surface area contributed by atoms with Gasteiger partial charge < -0.3 is 0 Å². The fourth-order valence-corrected chi connectivity index (χ4v) is 2.94. The molecule has 0 aromatic heterocycles. The van der Waals surface area contributed by atoms with E-state index in [0.29, 0.717) is 5.30 Å². The third-order valence-electron chi connectivity index (χ3n) is 1.86. The van der Waals surface area contributed by atoms with E-state index >= 15 is 0 Å². The Kier molecular flexibility index (Phi) is 7.53. The summed E-state index contributed by atoms with van der Waals surface area (Å²) in [6, 6.07) is 5.43. The van der Waals surface area contributed by atoms with Crippen LogP contribution in [0.5, 0.6) is 0 Å². The maximum absolute atomic E-state index is 11.3. The Balaban J connectivity index is 0.000000437. The second-order valence-corrected chi connectivity index (χ2v) is 14.5. The Morgan fingerprint density at radius 1 is 0.941 bits per heavy atom. The summed E-state index contributed by atoms with van der Waals surface area (Å²) in [6.45, 7) is 3.80. The fourth-order valence-electron chi connectivity index (χ4n) is 1.02. The number of halogens is 5. The highest BCUT2D eigenvalue weighted by Gasteiger charge is 2.19. The Bertz CT molecular complexity index is 471. The summed E-state index contributed by atoms with van der Waals surface area (Å²) >= 11 is 25.0. The summed E-state index contributed by atoms with van der Waals surface area (Å²) in [5, 5.41) is -2.68. The van der Waals surface area contributed by atoms with Crippen LogP contribution in [0.25, 0.3) is 0 Å². The van der Waals surface area contributed by atoms with Crippen LogP contribution in [0.15, 0.2) is 18.2 Å². The van der Waals surface area contributed by atoms with E-state index in [4.69, 9.17) is 22.5 Å². The first kappa shape index (κ1) is 18.1. The zero-order chi connectivity index (χ0) is 13.9. The minimum absolute atomic E-state index is 0.547. The number of rotatable bonds is 1. The molecule has 1 aromatic rings. The average Bonchev–Trinajstić information content (AvgIpc) is 2.04. The average molecular weight is 376 g/mol. The predicted octanol–water partition coefficient (Wildman–Crippen LogP) is 6.41. The summed E-state index contributed by atoms with van der Waals surface area (Å²) in [5.41, 5.74) is 1.96. The molecule has 0 bridgehead atoms. The Labute approximate surface area is 124 Å². The molecule has 0 atom stereocenters. The van der Waals surface area contributed by atoms with Crippen molar-refractivity contribution in [2.75, 3.05) is 0 Å². The molecule has 0 radical (unpaired) electrons. The predicted molar refractivity (Wildman–Crippen MR) is 80.0 cm³/mol. The zero-order valence-electron chi connectivity index (χ0n) is 8.83. The highest BCUT2D eigenvalue weighted by Crippen LogP contribution is 2.61. The summed E-state index contributed by atoms with van der Waals surface area (Å²) in [5.74, 6) is -3.14. The van der Waals surface area contributed by atoms with Crippen molar-refractivity contribution in [2.45, 2.75) is 13.8 Å². The molecule has 17 heavy (non-hydrogen) atoms. The summed E-state index contributed by atoms with van der Waals surface area (Å²) in [7, 11) is 0. The monoisotopic (exact) mass is 374 g/mol. The lowest BCUT2D eigenvalue weighted by molar-refractivity contribution is 0.597. The largest absolute Gasteiger partial charge is 0.339 e. The van der Waals surface area contributed by atoms with E-state index in [1.807, 2.05) is 19.9 Å². The van der Waals surface area contributed by atoms with Crippen LogP contribution in [0.2, 0.25) is 0 Å². The molecule has 1 rings (SSSR count). The zero-order valence-corrected chi connectivity index (χ0v) is 14.4. The molecule has 2 nitrogen and oxygen atoms in total. The van der Waals surface area contributed by atoms with Crippen molar-refractivity contribution < 1.29 is 9.13 Å². The van der Waals surface area contributed by atoms with Gasteiger partial charge in [0.05, 0.1) is 0 Å². The molecule has 98 valence electrons. The second kappa shape index (κ2) is 7.06. The molecule has 0 spiro atoms. The van der Waals surface area contributed by atoms with Gasteiger partial charge in [0.2, 0.25) is 0 Å². The van der Waals surface area contributed by atoms with Crippen LogP contribution >= 0.6 is 67.3 Å². The van der Waals surface area contributed by atoms with Crippen molar-refractivity contribution in [3.63, 3.8) is 0 Å². The smallest absolute Gasteiger partial charge is 0.284 e. The van der Waals surface area contributed by atoms with Crippen molar-refractivity contribution in [2.24, 2.45) is 0 Å². The van der Waals surface area contributed by atoms with Gasteiger partial charge in [-0.15, -0.1) is 0 Å². The van der Waals surface area contributed by atoms with Crippen LogP contribution < -0.4 is 5.30 Å². The lowest BCUT2D eigenvalue weighted by atomic mass is 10.1. The topological polar surface area (TPSA) is 34.1 Å². The SMILES string of the molecule is Cc1cccc(P(=O)(Cl)Cl)c1C.O=P(Cl)(Cl)Cl. The van der Waals surface area contributed by atoms with Crippen LogP contribution in [0, 0.1) is 13.8 Å². The number of benzene rings is 1. The molecular weight excluding hydrogens is 367 g/mol. The van der Waals surface area contributed by atoms with Gasteiger partial charge in [-0.1, -0.05) is 12.1 Å². The standard InChI is InChI=1S/C8H9Cl2OP.Cl3OP/c1-6-4-3-5-8(7(6)2)12(9,10)11;1-5(2,3)4/h3-5H,1-2H3;. The molecule has 0 fully saturated rings. The molecule has 0 heterocycles. The Morgan fingerprint density at radius 2 is 1.35 bits per heavy atom. The van der Waals surface area contributed by atoms with Gasteiger partial charge in [-0.25, -0.2) is 0 Å². The maximum atomic E-state index is 11.3. The highest BCUT2D eigenvalue weighted by atomic mass is 36.0. The number of hydrogen-bond donors (Lipinski definition) is 0. The molecular formula is C8H9Cl5O2P2. The van der Waals surface area contributed by atoms with Crippen molar-refractivity contribution in [1.29, 1.82) is 0 Å². The van der Waals surface area contributed by atoms with Crippen LogP contribution in [-0.4, -0.2) is 0 Å². The van der Waals surface area contributed by atoms with E-state index in [1.165, 1.54) is 0 Å². The van der Waals surface area contributed by atoms with Crippen molar-refractivity contribution >= 4 is 72.6 Å². The lowest BCUT2D eigenvalue weighted by Crippen LogP contribution is -2.04. The van der Waals surface area contributed by atoms with E-state index in [-0.39, 0.29) is 0 Å². The summed E-state index contributed by atoms with van der Waals surface area (Å²) in [6.07, 6.45) is 0. The van der Waals surface area contributed by atoms with Crippen LogP contribution in [-0.2, 0) is 9.13 Å². The molecule has 1 aromatic carbocycles. The molecule has 0 saturated heterocycles. The Morgan fingerprint density at radius 3 is 1.65 bits per heavy atom. The summed E-state index contributed by atoms with van der Waals surface area (Å²) < 4.78 is 20.8. The third kappa shape index (κ3) is 8.78. The first-order chi connectivity index (χ1) is 7.43. The van der Waals surface area contributed by atoms with Gasteiger partial charge in [0, 0.05) is 5.30 Å². The summed E-state index contributed by atoms with van der Waals surface area (Å²) in [4.78, 5) is 0. The van der Waals surface area contributed by atoms with Gasteiger partial charge in [-0.3, -0.25) is 9.13 Å². The van der Waals surface area contributed by atoms with E-state index in [9.17, 15) is 9.13 Å². The lowest BCUT2D eigenvalue weighted by Gasteiger charge is -2.08. The van der Waals surface area contributed by atoms with Gasteiger partial charge in [-0.2, -0.15) is 0 Å². The fraction of sp³-hybridized carbons (Fsp3) is 0.250. The normalized spacial score (nSPS) is 11.7. The van der Waals surface area contributed by atoms with Gasteiger partial charge in [0.1, 0.15) is 0 Å². The van der Waals surface area contributed by atoms with Gasteiger partial charge in [0.15, 0.2) is 0 Å². The first-order valence-electron chi connectivity index (χ1n) is 4.18. The molecule has 0 aliphatic carbocycles. The number of aryl methyl sites for hydroxylation is 1. The molecule has 0 amide bonds. The van der Waals surface area contributed by atoms with Gasteiger partial charge in [0.25, 0.3) is 5.85 Å². The minimum Gasteiger partial charge on any atom is -0.284 e. The van der Waals surface area contributed by atoms with Crippen LogP contribution in [0.1, 0.15) is 11.1 Å². The van der Waals surface area contributed by atoms with E-state index in [2.05, 4.69) is 33.7 Å². The molecule has 9 heteroatoms. The first-order valence-corrected chi connectivity index (χ1v) is 12.1. The Hall–Kier alpha value is 1.13. The maximum Gasteiger partial charge on any atom is 0.339 e. The third-order valence-corrected chi connectivity index (χ3v) is 3.99. The minimum atomic E-state index is -3.22. The van der Waals surface area contributed by atoms with E-state index in [1.54, 1.807) is 12.1 Å². The van der Waals surface area contributed by atoms with E-state index < -0.39 is 11.0 Å². The van der Waals surface area contributed by atoms with Gasteiger partial charge >= 0.3 is 5.20 Å². The molecule has 0 aliphatic rings. The second-order valence-electron chi connectivity index (χ2n) is 3.08. The van der Waals surface area contributed by atoms with Crippen LogP contribution in [0.4, 0.5) is 0 Å². The molecule has 0 unspecified atom stereocenters. The van der Waals surface area contributed by atoms with Crippen molar-refractivity contribution in [1.82, 2.24) is 0 Å². The quantitative estimate of drug-likeness (QED) is 0.531. The molecule has 0 N–H and O–H groups in total. The van der Waals surface area contributed by atoms with Crippen molar-refractivity contribution in [3.8, 4) is 0 Å². The molecule has 0 saturated carbocycles. The van der Waals surface area contributed by atoms with Gasteiger partial charge in [-0.05, 0) is 87.2 Å². The van der Waals surface area contributed by atoms with E-state index in [0.717, 1.165) is 11.1 Å². The molecule has 0 aliphatic heterocycles. The van der Waals surface area contributed by atoms with Crippen LogP contribution in [0.3, 0.4) is 0 Å².